The summed E-state index contributed by atoms with van der Waals surface area (Å²) in [5.41, 5.74) is 7.02. The summed E-state index contributed by atoms with van der Waals surface area (Å²) < 4.78 is 0. The van der Waals surface area contributed by atoms with Crippen LogP contribution in [-0.2, 0) is 0 Å². The van der Waals surface area contributed by atoms with E-state index in [1.54, 1.807) is 0 Å². The van der Waals surface area contributed by atoms with Gasteiger partial charge < -0.3 is 10.3 Å². The molecule has 2 aromatic heterocycles. The fourth-order valence-electron chi connectivity index (χ4n) is 3.84. The Hall–Kier alpha value is -2.20. The van der Waals surface area contributed by atoms with Crippen LogP contribution in [0.1, 0.15) is 29.4 Å². The Morgan fingerprint density at radius 3 is 2.62 bits per heavy atom. The lowest BCUT2D eigenvalue weighted by atomic mass is 9.98. The zero-order chi connectivity index (χ0) is 13.8. The van der Waals surface area contributed by atoms with Gasteiger partial charge in [0.2, 0.25) is 0 Å². The molecule has 104 valence electrons. The summed E-state index contributed by atoms with van der Waals surface area (Å²) >= 11 is 0. The third kappa shape index (κ3) is 1.66. The molecule has 3 aromatic rings. The summed E-state index contributed by atoms with van der Waals surface area (Å²) in [6.07, 6.45) is 7.03. The molecule has 0 saturated carbocycles. The molecular weight excluding hydrogens is 260 g/mol. The Bertz CT molecular complexity index is 822. The van der Waals surface area contributed by atoms with Gasteiger partial charge in [-0.3, -0.25) is 4.98 Å². The monoisotopic (exact) mass is 276 g/mol. The number of hydrogen-bond donors (Lipinski definition) is 2. The number of aromatic nitrogens is 3. The van der Waals surface area contributed by atoms with E-state index < -0.39 is 0 Å². The predicted octanol–water partition coefficient (Wildman–Crippen LogP) is 2.80. The highest BCUT2D eigenvalue weighted by Gasteiger charge is 2.34. The summed E-state index contributed by atoms with van der Waals surface area (Å²) in [6, 6.07) is 6.56. The highest BCUT2D eigenvalue weighted by Crippen LogP contribution is 2.44. The molecule has 0 spiro atoms. The summed E-state index contributed by atoms with van der Waals surface area (Å²) in [5.74, 6) is 1.31. The Balaban J connectivity index is 1.70. The van der Waals surface area contributed by atoms with Gasteiger partial charge in [0.15, 0.2) is 0 Å². The van der Waals surface area contributed by atoms with Crippen molar-refractivity contribution in [2.24, 2.45) is 0 Å². The number of piperidine rings is 1. The first-order chi connectivity index (χ1) is 10.4. The van der Waals surface area contributed by atoms with E-state index in [1.807, 2.05) is 24.7 Å². The van der Waals surface area contributed by atoms with Crippen molar-refractivity contribution < 1.29 is 0 Å². The molecule has 0 radical (unpaired) electrons. The average molecular weight is 276 g/mol. The maximum atomic E-state index is 4.81. The van der Waals surface area contributed by atoms with Gasteiger partial charge in [-0.25, -0.2) is 4.98 Å². The number of H-pyrrole nitrogens is 1. The number of benzene rings is 1. The summed E-state index contributed by atoms with van der Waals surface area (Å²) in [5, 5.41) is 3.54. The smallest absolute Gasteiger partial charge is 0.0908 e. The zero-order valence-corrected chi connectivity index (χ0v) is 11.6. The van der Waals surface area contributed by atoms with Crippen molar-refractivity contribution >= 4 is 11.0 Å². The van der Waals surface area contributed by atoms with E-state index in [2.05, 4.69) is 27.4 Å². The molecule has 1 aliphatic heterocycles. The van der Waals surface area contributed by atoms with Crippen LogP contribution in [0.4, 0.5) is 0 Å². The van der Waals surface area contributed by atoms with Crippen LogP contribution in [0.25, 0.3) is 22.3 Å². The molecule has 4 nitrogen and oxygen atoms in total. The van der Waals surface area contributed by atoms with Gasteiger partial charge in [-0.05, 0) is 47.6 Å². The number of nitrogens with one attached hydrogen (secondary N) is 2. The van der Waals surface area contributed by atoms with Gasteiger partial charge in [0.1, 0.15) is 0 Å². The SMILES string of the molecule is c1cc(-c2cnc3cc4c(cc3n2)C2CNCC4C2)c[nH]1. The van der Waals surface area contributed by atoms with Crippen LogP contribution in [0.15, 0.2) is 36.8 Å². The maximum Gasteiger partial charge on any atom is 0.0908 e. The number of rotatable bonds is 1. The van der Waals surface area contributed by atoms with Gasteiger partial charge in [0.05, 0.1) is 22.9 Å². The van der Waals surface area contributed by atoms with E-state index in [4.69, 9.17) is 4.98 Å². The summed E-state index contributed by atoms with van der Waals surface area (Å²) in [7, 11) is 0. The molecular formula is C17H16N4. The topological polar surface area (TPSA) is 53.6 Å². The third-order valence-corrected chi connectivity index (χ3v) is 4.87. The van der Waals surface area contributed by atoms with Crippen LogP contribution < -0.4 is 5.32 Å². The van der Waals surface area contributed by atoms with Crippen molar-refractivity contribution in [3.8, 4) is 11.3 Å². The average Bonchev–Trinajstić information content (AvgIpc) is 3.14. The molecule has 1 aliphatic carbocycles. The van der Waals surface area contributed by atoms with Crippen molar-refractivity contribution in [1.29, 1.82) is 0 Å². The largest absolute Gasteiger partial charge is 0.367 e. The predicted molar refractivity (Wildman–Crippen MR) is 82.3 cm³/mol. The molecule has 2 aliphatic rings. The summed E-state index contributed by atoms with van der Waals surface area (Å²) in [6.45, 7) is 2.20. The molecule has 2 N–H and O–H groups in total. The molecule has 21 heavy (non-hydrogen) atoms. The molecule has 2 unspecified atom stereocenters. The van der Waals surface area contributed by atoms with Crippen LogP contribution in [0.5, 0.6) is 0 Å². The van der Waals surface area contributed by atoms with Gasteiger partial charge >= 0.3 is 0 Å². The Kier molecular flexibility index (Phi) is 2.26. The minimum absolute atomic E-state index is 0.654. The van der Waals surface area contributed by atoms with Crippen molar-refractivity contribution in [2.75, 3.05) is 13.1 Å². The van der Waals surface area contributed by atoms with Crippen molar-refractivity contribution in [2.45, 2.75) is 18.3 Å². The number of hydrogen-bond acceptors (Lipinski definition) is 3. The van der Waals surface area contributed by atoms with E-state index in [9.17, 15) is 0 Å². The van der Waals surface area contributed by atoms with Crippen molar-refractivity contribution in [3.63, 3.8) is 0 Å². The lowest BCUT2D eigenvalue weighted by Gasteiger charge is -2.19. The van der Waals surface area contributed by atoms with Gasteiger partial charge in [-0.15, -0.1) is 0 Å². The molecule has 2 atom stereocenters. The Morgan fingerprint density at radius 1 is 1.05 bits per heavy atom. The fraction of sp³-hybridized carbons (Fsp3) is 0.294. The highest BCUT2D eigenvalue weighted by atomic mass is 14.9. The molecule has 1 fully saturated rings. The quantitative estimate of drug-likeness (QED) is 0.718. The lowest BCUT2D eigenvalue weighted by molar-refractivity contribution is 0.454. The first kappa shape index (κ1) is 11.5. The van der Waals surface area contributed by atoms with Gasteiger partial charge in [-0.2, -0.15) is 0 Å². The minimum atomic E-state index is 0.654. The van der Waals surface area contributed by atoms with Crippen molar-refractivity contribution in [1.82, 2.24) is 20.3 Å². The van der Waals surface area contributed by atoms with E-state index in [0.29, 0.717) is 11.8 Å². The molecule has 4 heteroatoms. The second-order valence-electron chi connectivity index (χ2n) is 6.11. The fourth-order valence-corrected chi connectivity index (χ4v) is 3.84. The maximum absolute atomic E-state index is 4.81. The van der Waals surface area contributed by atoms with E-state index in [1.165, 1.54) is 17.5 Å². The van der Waals surface area contributed by atoms with E-state index in [0.717, 1.165) is 35.4 Å². The zero-order valence-electron chi connectivity index (χ0n) is 11.6. The van der Waals surface area contributed by atoms with Crippen LogP contribution in [0.3, 0.4) is 0 Å². The number of aromatic amines is 1. The molecule has 0 amide bonds. The van der Waals surface area contributed by atoms with Gasteiger partial charge in [0, 0.05) is 31.0 Å². The van der Waals surface area contributed by atoms with Gasteiger partial charge in [-0.1, -0.05) is 0 Å². The molecule has 2 bridgehead atoms. The van der Waals surface area contributed by atoms with Crippen LogP contribution in [0.2, 0.25) is 0 Å². The van der Waals surface area contributed by atoms with Crippen LogP contribution in [0, 0.1) is 0 Å². The summed E-state index contributed by atoms with van der Waals surface area (Å²) in [4.78, 5) is 12.5. The van der Waals surface area contributed by atoms with Crippen LogP contribution >= 0.6 is 0 Å². The molecule has 3 heterocycles. The van der Waals surface area contributed by atoms with Crippen LogP contribution in [-0.4, -0.2) is 28.0 Å². The minimum Gasteiger partial charge on any atom is -0.367 e. The normalized spacial score (nSPS) is 23.4. The molecule has 1 aromatic carbocycles. The standard InChI is InChI=1S/C17H16N4/c1-2-18-6-10(1)17-9-20-15-4-13-11-3-12(8-19-7-11)14(13)5-16(15)21-17/h1-2,4-6,9,11-12,18-19H,3,7-8H2. The van der Waals surface area contributed by atoms with E-state index in [-0.39, 0.29) is 0 Å². The Labute approximate surface area is 122 Å². The third-order valence-electron chi connectivity index (χ3n) is 4.87. The second kappa shape index (κ2) is 4.15. The van der Waals surface area contributed by atoms with Gasteiger partial charge in [0.25, 0.3) is 0 Å². The highest BCUT2D eigenvalue weighted by molar-refractivity contribution is 5.79. The lowest BCUT2D eigenvalue weighted by Crippen LogP contribution is -2.28. The molecule has 5 rings (SSSR count). The van der Waals surface area contributed by atoms with Crippen molar-refractivity contribution in [3.05, 3.63) is 47.9 Å². The number of nitrogens with zero attached hydrogens (tertiary/aromatic N) is 2. The molecule has 1 saturated heterocycles. The number of fused-ring (bicyclic) bond motifs is 6. The van der Waals surface area contributed by atoms with E-state index >= 15 is 0 Å². The first-order valence-electron chi connectivity index (χ1n) is 7.53. The first-order valence-corrected chi connectivity index (χ1v) is 7.53. The Morgan fingerprint density at radius 2 is 1.86 bits per heavy atom. The second-order valence-corrected chi connectivity index (χ2v) is 6.11.